The minimum Gasteiger partial charge on any atom is -0.377 e. The molecule has 1 saturated heterocycles. The fourth-order valence-electron chi connectivity index (χ4n) is 1.22. The highest BCUT2D eigenvalue weighted by atomic mass is 16.5. The third kappa shape index (κ3) is 4.75. The normalized spacial score (nSPS) is 24.1. The van der Waals surface area contributed by atoms with Crippen molar-refractivity contribution in [3.05, 3.63) is 0 Å². The molecule has 0 aromatic carbocycles. The Kier molecular flexibility index (Phi) is 5.06. The molecule has 1 heterocycles. The lowest BCUT2D eigenvalue weighted by molar-refractivity contribution is -0.130. The van der Waals surface area contributed by atoms with E-state index in [4.69, 9.17) is 9.47 Å². The predicted molar refractivity (Wildman–Crippen MR) is 52.3 cm³/mol. The molecular formula is C9H16N2O4. The van der Waals surface area contributed by atoms with Crippen LogP contribution in [0.5, 0.6) is 0 Å². The zero-order valence-corrected chi connectivity index (χ0v) is 8.75. The average Bonchev–Trinajstić information content (AvgIpc) is 2.19. The van der Waals surface area contributed by atoms with Crippen molar-refractivity contribution in [2.24, 2.45) is 0 Å². The Bertz CT molecular complexity index is 232. The highest BCUT2D eigenvalue weighted by Gasteiger charge is 2.19. The maximum Gasteiger partial charge on any atom is 0.245 e. The second-order valence-corrected chi connectivity index (χ2v) is 3.23. The number of hydrogen-bond donors (Lipinski definition) is 2. The second-order valence-electron chi connectivity index (χ2n) is 3.23. The second kappa shape index (κ2) is 6.36. The Morgan fingerprint density at radius 1 is 1.40 bits per heavy atom. The molecule has 1 aliphatic heterocycles. The summed E-state index contributed by atoms with van der Waals surface area (Å²) >= 11 is 0. The summed E-state index contributed by atoms with van der Waals surface area (Å²) in [5.41, 5.74) is 0. The summed E-state index contributed by atoms with van der Waals surface area (Å²) in [4.78, 5) is 22.3. The van der Waals surface area contributed by atoms with Gasteiger partial charge in [0.15, 0.2) is 0 Å². The first-order valence-corrected chi connectivity index (χ1v) is 4.90. The maximum atomic E-state index is 11.5. The van der Waals surface area contributed by atoms with Gasteiger partial charge in [-0.2, -0.15) is 0 Å². The van der Waals surface area contributed by atoms with Gasteiger partial charge in [0.2, 0.25) is 11.8 Å². The SMILES string of the molecule is CC(=O)NC1COCCOCCNC1=O. The van der Waals surface area contributed by atoms with E-state index in [1.165, 1.54) is 6.92 Å². The lowest BCUT2D eigenvalue weighted by Crippen LogP contribution is -2.50. The topological polar surface area (TPSA) is 76.7 Å². The maximum absolute atomic E-state index is 11.5. The molecule has 15 heavy (non-hydrogen) atoms. The molecule has 6 heteroatoms. The van der Waals surface area contributed by atoms with Crippen molar-refractivity contribution in [1.82, 2.24) is 10.6 Å². The first-order chi connectivity index (χ1) is 7.20. The molecule has 1 rings (SSSR count). The van der Waals surface area contributed by atoms with Crippen LogP contribution in [0.25, 0.3) is 0 Å². The van der Waals surface area contributed by atoms with Crippen LogP contribution in [0, 0.1) is 0 Å². The zero-order valence-electron chi connectivity index (χ0n) is 8.75. The van der Waals surface area contributed by atoms with Gasteiger partial charge < -0.3 is 20.1 Å². The van der Waals surface area contributed by atoms with Crippen molar-refractivity contribution in [1.29, 1.82) is 0 Å². The van der Waals surface area contributed by atoms with Crippen molar-refractivity contribution >= 4 is 11.8 Å². The molecule has 86 valence electrons. The lowest BCUT2D eigenvalue weighted by atomic mass is 10.3. The van der Waals surface area contributed by atoms with Crippen LogP contribution >= 0.6 is 0 Å². The first-order valence-electron chi connectivity index (χ1n) is 4.90. The summed E-state index contributed by atoms with van der Waals surface area (Å²) in [6.07, 6.45) is 0. The van der Waals surface area contributed by atoms with Crippen LogP contribution in [0.15, 0.2) is 0 Å². The van der Waals surface area contributed by atoms with Crippen molar-refractivity contribution in [3.8, 4) is 0 Å². The van der Waals surface area contributed by atoms with Crippen LogP contribution in [0.1, 0.15) is 6.92 Å². The fraction of sp³-hybridized carbons (Fsp3) is 0.778. The average molecular weight is 216 g/mol. The van der Waals surface area contributed by atoms with Crippen LogP contribution in [0.3, 0.4) is 0 Å². The lowest BCUT2D eigenvalue weighted by Gasteiger charge is -2.19. The minimum atomic E-state index is -0.611. The number of carbonyl (C=O) groups is 2. The summed E-state index contributed by atoms with van der Waals surface area (Å²) < 4.78 is 10.3. The van der Waals surface area contributed by atoms with Gasteiger partial charge in [0, 0.05) is 13.5 Å². The minimum absolute atomic E-state index is 0.175. The Balaban J connectivity index is 2.46. The summed E-state index contributed by atoms with van der Waals surface area (Å²) in [5.74, 6) is -0.484. The number of carbonyl (C=O) groups excluding carboxylic acids is 2. The van der Waals surface area contributed by atoms with Gasteiger partial charge in [-0.15, -0.1) is 0 Å². The smallest absolute Gasteiger partial charge is 0.245 e. The van der Waals surface area contributed by atoms with E-state index in [1.54, 1.807) is 0 Å². The van der Waals surface area contributed by atoms with Gasteiger partial charge in [0.05, 0.1) is 26.4 Å². The van der Waals surface area contributed by atoms with Crippen molar-refractivity contribution in [2.75, 3.05) is 33.0 Å². The molecule has 0 aromatic heterocycles. The Morgan fingerprint density at radius 2 is 2.13 bits per heavy atom. The number of ether oxygens (including phenoxy) is 2. The highest BCUT2D eigenvalue weighted by molar-refractivity contribution is 5.86. The van der Waals surface area contributed by atoms with E-state index in [1.807, 2.05) is 0 Å². The van der Waals surface area contributed by atoms with Gasteiger partial charge in [0.1, 0.15) is 6.04 Å². The number of rotatable bonds is 1. The highest BCUT2D eigenvalue weighted by Crippen LogP contribution is 1.90. The molecule has 1 fully saturated rings. The molecule has 1 unspecified atom stereocenters. The van der Waals surface area contributed by atoms with Gasteiger partial charge in [-0.1, -0.05) is 0 Å². The number of hydrogen-bond acceptors (Lipinski definition) is 4. The Morgan fingerprint density at radius 3 is 2.87 bits per heavy atom. The molecule has 0 saturated carbocycles. The predicted octanol–water partition coefficient (Wildman–Crippen LogP) is -1.35. The zero-order chi connectivity index (χ0) is 11.1. The molecule has 0 bridgehead atoms. The van der Waals surface area contributed by atoms with E-state index >= 15 is 0 Å². The molecule has 2 N–H and O–H groups in total. The third-order valence-corrected chi connectivity index (χ3v) is 1.90. The molecular weight excluding hydrogens is 200 g/mol. The van der Waals surface area contributed by atoms with E-state index in [0.717, 1.165) is 0 Å². The molecule has 0 radical (unpaired) electrons. The summed E-state index contributed by atoms with van der Waals surface area (Å²) in [5, 5.41) is 5.18. The fourth-order valence-corrected chi connectivity index (χ4v) is 1.22. The van der Waals surface area contributed by atoms with E-state index < -0.39 is 6.04 Å². The van der Waals surface area contributed by atoms with E-state index in [9.17, 15) is 9.59 Å². The van der Waals surface area contributed by atoms with Crippen LogP contribution in [-0.4, -0.2) is 50.8 Å². The van der Waals surface area contributed by atoms with E-state index in [0.29, 0.717) is 26.4 Å². The number of amides is 2. The Labute approximate surface area is 88.3 Å². The molecule has 1 aliphatic rings. The van der Waals surface area contributed by atoms with E-state index in [-0.39, 0.29) is 18.4 Å². The monoisotopic (exact) mass is 216 g/mol. The van der Waals surface area contributed by atoms with Crippen LogP contribution in [0.4, 0.5) is 0 Å². The van der Waals surface area contributed by atoms with E-state index in [2.05, 4.69) is 10.6 Å². The first kappa shape index (κ1) is 11.9. The largest absolute Gasteiger partial charge is 0.377 e. The summed E-state index contributed by atoms with van der Waals surface area (Å²) in [6.45, 7) is 3.40. The van der Waals surface area contributed by atoms with Gasteiger partial charge in [-0.3, -0.25) is 9.59 Å². The molecule has 0 aromatic rings. The summed E-state index contributed by atoms with van der Waals surface area (Å²) in [7, 11) is 0. The van der Waals surface area contributed by atoms with Crippen molar-refractivity contribution in [3.63, 3.8) is 0 Å². The van der Waals surface area contributed by atoms with Gasteiger partial charge in [-0.25, -0.2) is 0 Å². The standard InChI is InChI=1S/C9H16N2O4/c1-7(12)11-8-6-15-5-4-14-3-2-10-9(8)13/h8H,2-6H2,1H3,(H,10,13)(H,11,12). The van der Waals surface area contributed by atoms with Crippen LogP contribution in [0.2, 0.25) is 0 Å². The molecule has 0 spiro atoms. The van der Waals surface area contributed by atoms with Crippen LogP contribution in [-0.2, 0) is 19.1 Å². The molecule has 2 amide bonds. The van der Waals surface area contributed by atoms with Crippen molar-refractivity contribution < 1.29 is 19.1 Å². The van der Waals surface area contributed by atoms with Crippen LogP contribution < -0.4 is 10.6 Å². The molecule has 1 atom stereocenters. The third-order valence-electron chi connectivity index (χ3n) is 1.90. The van der Waals surface area contributed by atoms with Crippen molar-refractivity contribution in [2.45, 2.75) is 13.0 Å². The Hall–Kier alpha value is -1.14. The summed E-state index contributed by atoms with van der Waals surface area (Å²) in [6, 6.07) is -0.611. The quantitative estimate of drug-likeness (QED) is 0.568. The van der Waals surface area contributed by atoms with Gasteiger partial charge >= 0.3 is 0 Å². The number of nitrogens with one attached hydrogen (secondary N) is 2. The molecule has 6 nitrogen and oxygen atoms in total. The molecule has 0 aliphatic carbocycles. The van der Waals surface area contributed by atoms with Gasteiger partial charge in [0.25, 0.3) is 0 Å². The van der Waals surface area contributed by atoms with Gasteiger partial charge in [-0.05, 0) is 0 Å².